The van der Waals surface area contributed by atoms with Gasteiger partial charge < -0.3 is 0 Å². The maximum Gasteiger partial charge on any atom is 0.182 e. The fourth-order valence-electron chi connectivity index (χ4n) is 6.67. The third-order valence-electron chi connectivity index (χ3n) is 8.96. The van der Waals surface area contributed by atoms with Crippen molar-refractivity contribution >= 4 is 11.1 Å². The standard InChI is InChI=1S/C36H38N4/c37-25-35(26-38,33-21-13-3-1-7-19-31(23-33)29-15-9-5-10-16-29)36(27-39,28-40)34-22-14-4-2-8-20-32(24-34)30-17-11-6-12-18-30/h5-6,9-12,15-18,23-24,33-34H,1-4,7-8,13-14,19-22H2/b31-23+,32-24+/t33-,34-/m1/s1. The van der Waals surface area contributed by atoms with E-state index in [4.69, 9.17) is 0 Å². The molecule has 40 heavy (non-hydrogen) atoms. The molecule has 4 nitrogen and oxygen atoms in total. The number of nitrogens with zero attached hydrogens (tertiary/aromatic N) is 4. The molecule has 0 amide bonds. The lowest BCUT2D eigenvalue weighted by atomic mass is 9.53. The van der Waals surface area contributed by atoms with E-state index in [2.05, 4.69) is 60.7 Å². The van der Waals surface area contributed by atoms with E-state index >= 15 is 0 Å². The fraction of sp³-hybridized carbons (Fsp3) is 0.444. The number of benzene rings is 2. The van der Waals surface area contributed by atoms with Gasteiger partial charge >= 0.3 is 0 Å². The Hall–Kier alpha value is -4.12. The summed E-state index contributed by atoms with van der Waals surface area (Å²) in [4.78, 5) is 0. The highest BCUT2D eigenvalue weighted by atomic mass is 14.6. The maximum atomic E-state index is 10.9. The predicted molar refractivity (Wildman–Crippen MR) is 159 cm³/mol. The average molecular weight is 527 g/mol. The van der Waals surface area contributed by atoms with Crippen molar-refractivity contribution < 1.29 is 0 Å². The Kier molecular flexibility index (Phi) is 9.96. The molecule has 2 atom stereocenters. The van der Waals surface area contributed by atoms with Crippen LogP contribution in [0.4, 0.5) is 0 Å². The van der Waals surface area contributed by atoms with E-state index in [1.54, 1.807) is 0 Å². The highest BCUT2D eigenvalue weighted by molar-refractivity contribution is 5.67. The van der Waals surface area contributed by atoms with Gasteiger partial charge in [0.15, 0.2) is 10.8 Å². The Morgan fingerprint density at radius 2 is 0.825 bits per heavy atom. The summed E-state index contributed by atoms with van der Waals surface area (Å²) in [6.07, 6.45) is 15.0. The molecule has 0 radical (unpaired) electrons. The summed E-state index contributed by atoms with van der Waals surface area (Å²) in [7, 11) is 0. The lowest BCUT2D eigenvalue weighted by Gasteiger charge is -2.41. The number of hydrogen-bond donors (Lipinski definition) is 0. The molecule has 2 aliphatic rings. The quantitative estimate of drug-likeness (QED) is 0.388. The minimum Gasteiger partial charge on any atom is -0.196 e. The van der Waals surface area contributed by atoms with Crippen LogP contribution in [-0.2, 0) is 0 Å². The van der Waals surface area contributed by atoms with Gasteiger partial charge in [0.2, 0.25) is 0 Å². The van der Waals surface area contributed by atoms with Crippen LogP contribution in [0.3, 0.4) is 0 Å². The highest BCUT2D eigenvalue weighted by Gasteiger charge is 2.61. The molecule has 0 spiro atoms. The van der Waals surface area contributed by atoms with Crippen LogP contribution in [0, 0.1) is 68.0 Å². The van der Waals surface area contributed by atoms with Crippen LogP contribution in [0.5, 0.6) is 0 Å². The second kappa shape index (κ2) is 13.8. The zero-order chi connectivity index (χ0) is 28.3. The van der Waals surface area contributed by atoms with Gasteiger partial charge in [-0.25, -0.2) is 0 Å². The van der Waals surface area contributed by atoms with Crippen LogP contribution in [-0.4, -0.2) is 0 Å². The summed E-state index contributed by atoms with van der Waals surface area (Å²) >= 11 is 0. The van der Waals surface area contributed by atoms with Crippen LogP contribution < -0.4 is 0 Å². The zero-order valence-electron chi connectivity index (χ0n) is 23.4. The van der Waals surface area contributed by atoms with Crippen LogP contribution in [0.2, 0.25) is 0 Å². The summed E-state index contributed by atoms with van der Waals surface area (Å²) in [6.45, 7) is 0. The van der Waals surface area contributed by atoms with Gasteiger partial charge in [0.25, 0.3) is 0 Å². The summed E-state index contributed by atoms with van der Waals surface area (Å²) in [5.74, 6) is -1.06. The molecule has 0 fully saturated rings. The smallest absolute Gasteiger partial charge is 0.182 e. The van der Waals surface area contributed by atoms with Gasteiger partial charge in [-0.15, -0.1) is 0 Å². The molecule has 0 aliphatic heterocycles. The van der Waals surface area contributed by atoms with Gasteiger partial charge in [-0.05, 0) is 60.8 Å². The van der Waals surface area contributed by atoms with E-state index in [1.165, 1.54) is 0 Å². The molecular weight excluding hydrogens is 488 g/mol. The van der Waals surface area contributed by atoms with Gasteiger partial charge in [0.05, 0.1) is 24.3 Å². The Bertz CT molecular complexity index is 1220. The van der Waals surface area contributed by atoms with Gasteiger partial charge in [-0.1, -0.05) is 111 Å². The summed E-state index contributed by atoms with van der Waals surface area (Å²) < 4.78 is 0. The number of nitriles is 4. The first-order valence-corrected chi connectivity index (χ1v) is 14.8. The van der Waals surface area contributed by atoms with Gasteiger partial charge in [-0.3, -0.25) is 0 Å². The minimum atomic E-state index is -1.81. The van der Waals surface area contributed by atoms with E-state index in [1.807, 2.05) is 36.4 Å². The van der Waals surface area contributed by atoms with Crippen molar-refractivity contribution in [1.29, 1.82) is 21.0 Å². The van der Waals surface area contributed by atoms with Crippen LogP contribution in [0.25, 0.3) is 11.1 Å². The lowest BCUT2D eigenvalue weighted by Crippen LogP contribution is -2.48. The second-order valence-electron chi connectivity index (χ2n) is 11.3. The molecule has 2 aromatic rings. The van der Waals surface area contributed by atoms with Crippen molar-refractivity contribution in [2.75, 3.05) is 0 Å². The van der Waals surface area contributed by atoms with Gasteiger partial charge in [-0.2, -0.15) is 21.0 Å². The second-order valence-corrected chi connectivity index (χ2v) is 11.3. The molecule has 4 rings (SSSR count). The monoisotopic (exact) mass is 526 g/mol. The fourth-order valence-corrected chi connectivity index (χ4v) is 6.67. The summed E-state index contributed by atoms with van der Waals surface area (Å²) in [5, 5.41) is 43.5. The van der Waals surface area contributed by atoms with E-state index in [9.17, 15) is 21.0 Å². The first-order chi connectivity index (χ1) is 19.6. The first-order valence-electron chi connectivity index (χ1n) is 14.8. The molecule has 2 aromatic carbocycles. The summed E-state index contributed by atoms with van der Waals surface area (Å²) in [5.41, 5.74) is 0.736. The normalized spacial score (nSPS) is 23.6. The molecule has 0 heterocycles. The largest absolute Gasteiger partial charge is 0.196 e. The lowest BCUT2D eigenvalue weighted by molar-refractivity contribution is 0.157. The molecule has 0 saturated heterocycles. The van der Waals surface area contributed by atoms with Crippen molar-refractivity contribution in [2.24, 2.45) is 22.7 Å². The molecule has 202 valence electrons. The van der Waals surface area contributed by atoms with Crippen molar-refractivity contribution in [2.45, 2.75) is 77.0 Å². The topological polar surface area (TPSA) is 95.2 Å². The van der Waals surface area contributed by atoms with Gasteiger partial charge in [0.1, 0.15) is 0 Å². The van der Waals surface area contributed by atoms with Crippen LogP contribution in [0.15, 0.2) is 72.8 Å². The Morgan fingerprint density at radius 1 is 0.475 bits per heavy atom. The molecule has 2 aliphatic carbocycles. The maximum absolute atomic E-state index is 10.9. The Balaban J connectivity index is 1.91. The molecule has 0 N–H and O–H groups in total. The van der Waals surface area contributed by atoms with Gasteiger partial charge in [0, 0.05) is 11.8 Å². The molecule has 0 bridgehead atoms. The van der Waals surface area contributed by atoms with E-state index < -0.39 is 22.7 Å². The third-order valence-corrected chi connectivity index (χ3v) is 8.96. The third kappa shape index (κ3) is 5.89. The predicted octanol–water partition coefficient (Wildman–Crippen LogP) is 9.16. The van der Waals surface area contributed by atoms with Crippen molar-refractivity contribution in [3.8, 4) is 24.3 Å². The highest BCUT2D eigenvalue weighted by Crippen LogP contribution is 2.54. The molecule has 0 unspecified atom stereocenters. The van der Waals surface area contributed by atoms with Crippen molar-refractivity contribution in [3.63, 3.8) is 0 Å². The van der Waals surface area contributed by atoms with Crippen molar-refractivity contribution in [1.82, 2.24) is 0 Å². The Labute approximate surface area is 239 Å². The van der Waals surface area contributed by atoms with E-state index in [0.717, 1.165) is 86.5 Å². The molecule has 0 aromatic heterocycles. The van der Waals surface area contributed by atoms with Crippen LogP contribution >= 0.6 is 0 Å². The molecule has 4 heteroatoms. The van der Waals surface area contributed by atoms with Crippen LogP contribution in [0.1, 0.15) is 88.2 Å². The zero-order valence-corrected chi connectivity index (χ0v) is 23.4. The number of rotatable bonds is 5. The SMILES string of the molecule is N#CC(C#N)([C@H]1/C=C(/c2ccccc2)CCCCCC1)C(C#N)(C#N)[C@H]1/C=C(/c2ccccc2)CCCCCC1. The van der Waals surface area contributed by atoms with E-state index in [0.29, 0.717) is 12.8 Å². The molecular formula is C36H38N4. The Morgan fingerprint density at radius 3 is 1.18 bits per heavy atom. The summed E-state index contributed by atoms with van der Waals surface area (Å²) in [6, 6.07) is 29.6. The van der Waals surface area contributed by atoms with Crippen molar-refractivity contribution in [3.05, 3.63) is 83.9 Å². The molecule has 0 saturated carbocycles. The first kappa shape index (κ1) is 28.9. The minimum absolute atomic E-state index is 0.531. The number of hydrogen-bond acceptors (Lipinski definition) is 4. The van der Waals surface area contributed by atoms with E-state index in [-0.39, 0.29) is 0 Å². The number of allylic oxidation sites excluding steroid dienone is 4. The average Bonchev–Trinajstić information content (AvgIpc) is 3.22.